The number of aromatic nitrogens is 1. The molecule has 1 aromatic carbocycles. The van der Waals surface area contributed by atoms with Crippen molar-refractivity contribution in [2.45, 2.75) is 12.8 Å². The zero-order valence-electron chi connectivity index (χ0n) is 17.4. The van der Waals surface area contributed by atoms with Crippen molar-refractivity contribution in [3.05, 3.63) is 47.1 Å². The summed E-state index contributed by atoms with van der Waals surface area (Å²) in [6, 6.07) is 5.82. The van der Waals surface area contributed by atoms with Gasteiger partial charge in [-0.25, -0.2) is 0 Å². The van der Waals surface area contributed by atoms with E-state index in [0.717, 1.165) is 28.8 Å². The summed E-state index contributed by atoms with van der Waals surface area (Å²) in [5, 5.41) is 8.35. The molecule has 1 saturated carbocycles. The van der Waals surface area contributed by atoms with Gasteiger partial charge in [0.15, 0.2) is 5.96 Å². The van der Waals surface area contributed by atoms with E-state index in [1.54, 1.807) is 7.05 Å². The van der Waals surface area contributed by atoms with E-state index in [1.165, 1.54) is 10.5 Å². The molecule has 2 amide bonds. The average molecular weight is 440 g/mol. The van der Waals surface area contributed by atoms with Gasteiger partial charge in [0, 0.05) is 48.8 Å². The second kappa shape index (κ2) is 8.04. The molecule has 2 aromatic rings. The van der Waals surface area contributed by atoms with Gasteiger partial charge in [-0.1, -0.05) is 23.8 Å². The zero-order chi connectivity index (χ0) is 21.5. The third-order valence-corrected chi connectivity index (χ3v) is 7.06. The van der Waals surface area contributed by atoms with Crippen molar-refractivity contribution in [3.63, 3.8) is 0 Å². The van der Waals surface area contributed by atoms with Crippen molar-refractivity contribution >= 4 is 40.3 Å². The van der Waals surface area contributed by atoms with Crippen molar-refractivity contribution in [2.75, 3.05) is 26.7 Å². The largest absolute Gasteiger partial charge is 0.361 e. The van der Waals surface area contributed by atoms with Crippen LogP contribution in [-0.4, -0.2) is 54.3 Å². The molecule has 4 unspecified atom stereocenters. The molecule has 8 heteroatoms. The predicted molar refractivity (Wildman–Crippen MR) is 121 cm³/mol. The first-order valence-electron chi connectivity index (χ1n) is 10.8. The van der Waals surface area contributed by atoms with Crippen LogP contribution in [0.15, 0.2) is 41.5 Å². The Hall–Kier alpha value is -2.80. The molecule has 3 aliphatic rings. The quantitative estimate of drug-likeness (QED) is 0.279. The minimum absolute atomic E-state index is 0.00501. The number of allylic oxidation sites excluding steroid dienone is 2. The Morgan fingerprint density at radius 3 is 2.58 bits per heavy atom. The lowest BCUT2D eigenvalue weighted by atomic mass is 9.85. The first kappa shape index (κ1) is 20.1. The highest BCUT2D eigenvalue weighted by molar-refractivity contribution is 6.31. The number of amides is 2. The van der Waals surface area contributed by atoms with Crippen LogP contribution >= 0.6 is 11.6 Å². The van der Waals surface area contributed by atoms with Crippen molar-refractivity contribution < 1.29 is 9.59 Å². The van der Waals surface area contributed by atoms with Gasteiger partial charge in [-0.3, -0.25) is 19.5 Å². The van der Waals surface area contributed by atoms with Crippen LogP contribution in [0.1, 0.15) is 12.0 Å². The van der Waals surface area contributed by atoms with E-state index < -0.39 is 0 Å². The lowest BCUT2D eigenvalue weighted by Crippen LogP contribution is -2.44. The van der Waals surface area contributed by atoms with E-state index in [9.17, 15) is 9.59 Å². The lowest BCUT2D eigenvalue weighted by molar-refractivity contribution is -0.140. The van der Waals surface area contributed by atoms with Gasteiger partial charge < -0.3 is 15.6 Å². The second-order valence-corrected chi connectivity index (χ2v) is 8.94. The minimum atomic E-state index is -0.135. The molecular formula is C23H26ClN5O2. The molecule has 31 heavy (non-hydrogen) atoms. The topological polar surface area (TPSA) is 89.6 Å². The molecule has 1 aliphatic heterocycles. The van der Waals surface area contributed by atoms with Gasteiger partial charge in [0.2, 0.25) is 11.8 Å². The van der Waals surface area contributed by atoms with Crippen LogP contribution in [0.5, 0.6) is 0 Å². The van der Waals surface area contributed by atoms with E-state index in [0.29, 0.717) is 25.6 Å². The number of halogens is 1. The number of rotatable bonds is 6. The van der Waals surface area contributed by atoms with Crippen molar-refractivity contribution in [2.24, 2.45) is 28.7 Å². The molecule has 0 spiro atoms. The molecule has 4 atom stereocenters. The fourth-order valence-corrected chi connectivity index (χ4v) is 5.54. The van der Waals surface area contributed by atoms with Crippen molar-refractivity contribution in [1.29, 1.82) is 0 Å². The highest BCUT2D eigenvalue weighted by atomic mass is 35.5. The van der Waals surface area contributed by atoms with Gasteiger partial charge in [0.1, 0.15) is 0 Å². The summed E-state index contributed by atoms with van der Waals surface area (Å²) in [5.41, 5.74) is 2.25. The smallest absolute Gasteiger partial charge is 0.233 e. The molecular weight excluding hydrogens is 414 g/mol. The Balaban J connectivity index is 1.11. The molecule has 1 saturated heterocycles. The van der Waals surface area contributed by atoms with Crippen LogP contribution in [0, 0.1) is 23.7 Å². The summed E-state index contributed by atoms with van der Waals surface area (Å²) in [6.07, 6.45) is 8.00. The summed E-state index contributed by atoms with van der Waals surface area (Å²) >= 11 is 6.12. The molecule has 7 nitrogen and oxygen atoms in total. The standard InChI is InChI=1S/C23H26ClN5O2/c1-25-23(26-7-6-15-12-28-18-5-4-16(24)11-17(15)18)27-8-9-29-21(30)19-13-2-3-14(10-13)20(19)22(29)31/h2-5,11-14,19-20,28H,6-10H2,1H3,(H2,25,26,27). The van der Waals surface area contributed by atoms with E-state index in [-0.39, 0.29) is 35.5 Å². The van der Waals surface area contributed by atoms with Gasteiger partial charge in [-0.15, -0.1) is 0 Å². The molecule has 2 fully saturated rings. The summed E-state index contributed by atoms with van der Waals surface area (Å²) in [5.74, 6) is 0.869. The van der Waals surface area contributed by atoms with Crippen LogP contribution in [0.25, 0.3) is 10.9 Å². The fourth-order valence-electron chi connectivity index (χ4n) is 5.36. The number of hydrogen-bond acceptors (Lipinski definition) is 3. The third-order valence-electron chi connectivity index (χ3n) is 6.83. The van der Waals surface area contributed by atoms with Crippen molar-refractivity contribution in [3.8, 4) is 0 Å². The number of likely N-dealkylation sites (tertiary alicyclic amines) is 1. The first-order chi connectivity index (χ1) is 15.1. The van der Waals surface area contributed by atoms with Crippen LogP contribution in [-0.2, 0) is 16.0 Å². The highest BCUT2D eigenvalue weighted by Gasteiger charge is 2.58. The molecule has 162 valence electrons. The molecule has 3 N–H and O–H groups in total. The number of aliphatic imine (C=N–C) groups is 1. The van der Waals surface area contributed by atoms with Gasteiger partial charge in [0.25, 0.3) is 0 Å². The summed E-state index contributed by atoms with van der Waals surface area (Å²) < 4.78 is 0. The summed E-state index contributed by atoms with van der Waals surface area (Å²) in [7, 11) is 1.71. The number of carbonyl (C=O) groups is 2. The predicted octanol–water partition coefficient (Wildman–Crippen LogP) is 2.34. The van der Waals surface area contributed by atoms with E-state index in [4.69, 9.17) is 11.6 Å². The zero-order valence-corrected chi connectivity index (χ0v) is 18.2. The lowest BCUT2D eigenvalue weighted by Gasteiger charge is -2.18. The Kier molecular flexibility index (Phi) is 5.22. The van der Waals surface area contributed by atoms with Crippen LogP contribution < -0.4 is 10.6 Å². The molecule has 5 rings (SSSR count). The number of guanidine groups is 1. The molecule has 2 bridgehead atoms. The molecule has 2 heterocycles. The summed E-state index contributed by atoms with van der Waals surface area (Å²) in [4.78, 5) is 34.5. The van der Waals surface area contributed by atoms with Crippen LogP contribution in [0.2, 0.25) is 5.02 Å². The van der Waals surface area contributed by atoms with E-state index >= 15 is 0 Å². The normalized spacial score (nSPS) is 26.9. The molecule has 2 aliphatic carbocycles. The number of benzene rings is 1. The van der Waals surface area contributed by atoms with E-state index in [2.05, 4.69) is 32.8 Å². The number of carbonyl (C=O) groups excluding carboxylic acids is 2. The first-order valence-corrected chi connectivity index (χ1v) is 11.2. The maximum Gasteiger partial charge on any atom is 0.233 e. The Labute approximate surface area is 185 Å². The Morgan fingerprint density at radius 2 is 1.87 bits per heavy atom. The Morgan fingerprint density at radius 1 is 1.16 bits per heavy atom. The van der Waals surface area contributed by atoms with Gasteiger partial charge in [0.05, 0.1) is 11.8 Å². The maximum absolute atomic E-state index is 12.8. The van der Waals surface area contributed by atoms with Crippen molar-refractivity contribution in [1.82, 2.24) is 20.5 Å². The number of aromatic amines is 1. The van der Waals surface area contributed by atoms with Gasteiger partial charge in [-0.05, 0) is 48.4 Å². The third kappa shape index (κ3) is 3.51. The monoisotopic (exact) mass is 439 g/mol. The Bertz CT molecular complexity index is 1060. The maximum atomic E-state index is 12.8. The highest BCUT2D eigenvalue weighted by Crippen LogP contribution is 2.52. The minimum Gasteiger partial charge on any atom is -0.361 e. The SMILES string of the molecule is CN=C(NCCc1c[nH]c2ccc(Cl)cc12)NCCN1C(=O)C2C3C=CC(C3)C2C1=O. The molecule has 0 radical (unpaired) electrons. The van der Waals surface area contributed by atoms with Crippen LogP contribution in [0.3, 0.4) is 0 Å². The summed E-state index contributed by atoms with van der Waals surface area (Å²) in [6.45, 7) is 1.54. The number of fused-ring (bicyclic) bond motifs is 6. The molecule has 1 aromatic heterocycles. The number of H-pyrrole nitrogens is 1. The van der Waals surface area contributed by atoms with E-state index in [1.807, 2.05) is 24.4 Å². The second-order valence-electron chi connectivity index (χ2n) is 8.51. The van der Waals surface area contributed by atoms with Gasteiger partial charge in [-0.2, -0.15) is 0 Å². The number of imide groups is 1. The number of nitrogens with zero attached hydrogens (tertiary/aromatic N) is 2. The average Bonchev–Trinajstić information content (AvgIpc) is 3.52. The number of nitrogens with one attached hydrogen (secondary N) is 3. The fraction of sp³-hybridized carbons (Fsp3) is 0.435. The van der Waals surface area contributed by atoms with Crippen LogP contribution in [0.4, 0.5) is 0 Å². The number of hydrogen-bond donors (Lipinski definition) is 3. The van der Waals surface area contributed by atoms with Gasteiger partial charge >= 0.3 is 0 Å².